The summed E-state index contributed by atoms with van der Waals surface area (Å²) in [6.07, 6.45) is 0.346. The average Bonchev–Trinajstić information content (AvgIpc) is 2.40. The molecule has 0 fully saturated rings. The molecule has 0 saturated carbocycles. The maximum atomic E-state index is 13.2. The first-order valence-corrected chi connectivity index (χ1v) is 6.87. The zero-order valence-corrected chi connectivity index (χ0v) is 12.1. The third kappa shape index (κ3) is 4.81. The van der Waals surface area contributed by atoms with Gasteiger partial charge in [0.2, 0.25) is 0 Å². The predicted molar refractivity (Wildman–Crippen MR) is 75.0 cm³/mol. The van der Waals surface area contributed by atoms with Crippen molar-refractivity contribution in [1.82, 2.24) is 5.32 Å². The Morgan fingerprint density at radius 3 is 2.75 bits per heavy atom. The molecule has 1 rings (SSSR count). The summed E-state index contributed by atoms with van der Waals surface area (Å²) < 4.78 is 18.7. The lowest BCUT2D eigenvalue weighted by molar-refractivity contribution is -0.127. The van der Waals surface area contributed by atoms with Gasteiger partial charge in [0.15, 0.2) is 6.10 Å². The van der Waals surface area contributed by atoms with Gasteiger partial charge in [-0.2, -0.15) is 0 Å². The molecule has 0 spiro atoms. The highest BCUT2D eigenvalue weighted by molar-refractivity contribution is 5.80. The molecule has 2 N–H and O–H groups in total. The van der Waals surface area contributed by atoms with Crippen molar-refractivity contribution < 1.29 is 19.0 Å². The molecule has 4 nitrogen and oxygen atoms in total. The lowest BCUT2D eigenvalue weighted by Gasteiger charge is -2.18. The summed E-state index contributed by atoms with van der Waals surface area (Å²) in [6, 6.07) is 3.87. The Bertz CT molecular complexity index is 449. The molecular formula is C15H22FNO3. The molecule has 0 aliphatic heterocycles. The number of carbonyl (C=O) groups excluding carboxylic acids is 1. The molecule has 1 amide bonds. The molecule has 0 heterocycles. The molecule has 0 aromatic heterocycles. The van der Waals surface area contributed by atoms with Gasteiger partial charge in [-0.15, -0.1) is 0 Å². The summed E-state index contributed by atoms with van der Waals surface area (Å²) >= 11 is 0. The van der Waals surface area contributed by atoms with Crippen LogP contribution >= 0.6 is 0 Å². The number of amides is 1. The summed E-state index contributed by atoms with van der Waals surface area (Å²) in [4.78, 5) is 11.8. The fraction of sp³-hybridized carbons (Fsp3) is 0.533. The normalized spacial score (nSPS) is 13.7. The lowest BCUT2D eigenvalue weighted by atomic mass is 10.1. The summed E-state index contributed by atoms with van der Waals surface area (Å²) in [5, 5.41) is 12.4. The van der Waals surface area contributed by atoms with Crippen LogP contribution in [0.2, 0.25) is 0 Å². The number of hydrogen-bond donors (Lipinski definition) is 2. The number of aliphatic hydroxyl groups is 1. The van der Waals surface area contributed by atoms with E-state index in [4.69, 9.17) is 4.74 Å². The minimum atomic E-state index is -0.865. The van der Waals surface area contributed by atoms with E-state index in [9.17, 15) is 14.3 Å². The highest BCUT2D eigenvalue weighted by atomic mass is 19.1. The Labute approximate surface area is 119 Å². The molecule has 0 radical (unpaired) electrons. The number of unbranched alkanes of at least 4 members (excludes halogenated alkanes) is 1. The Hall–Kier alpha value is -1.62. The van der Waals surface area contributed by atoms with E-state index in [1.54, 1.807) is 6.92 Å². The molecule has 20 heavy (non-hydrogen) atoms. The van der Waals surface area contributed by atoms with E-state index in [0.29, 0.717) is 17.9 Å². The first-order valence-electron chi connectivity index (χ1n) is 6.87. The fourth-order valence-electron chi connectivity index (χ4n) is 1.73. The molecule has 0 saturated heterocycles. The van der Waals surface area contributed by atoms with Gasteiger partial charge in [0.05, 0.1) is 6.10 Å². The van der Waals surface area contributed by atoms with Crippen LogP contribution in [0.15, 0.2) is 18.2 Å². The molecule has 2 atom stereocenters. The van der Waals surface area contributed by atoms with Gasteiger partial charge in [-0.05, 0) is 38.5 Å². The second kappa shape index (κ2) is 7.85. The molecule has 0 aliphatic carbocycles. The lowest BCUT2D eigenvalue weighted by Crippen LogP contribution is -2.37. The first kappa shape index (κ1) is 16.4. The quantitative estimate of drug-likeness (QED) is 0.756. The van der Waals surface area contributed by atoms with E-state index in [1.165, 1.54) is 25.1 Å². The number of nitrogens with one attached hydrogen (secondary N) is 1. The van der Waals surface area contributed by atoms with Gasteiger partial charge in [0.25, 0.3) is 5.91 Å². The van der Waals surface area contributed by atoms with Crippen LogP contribution in [0, 0.1) is 5.82 Å². The van der Waals surface area contributed by atoms with Gasteiger partial charge in [0, 0.05) is 12.1 Å². The van der Waals surface area contributed by atoms with Crippen molar-refractivity contribution in [3.8, 4) is 5.75 Å². The molecule has 5 heteroatoms. The van der Waals surface area contributed by atoms with Gasteiger partial charge >= 0.3 is 0 Å². The number of rotatable bonds is 7. The van der Waals surface area contributed by atoms with Crippen molar-refractivity contribution in [3.05, 3.63) is 29.6 Å². The van der Waals surface area contributed by atoms with Crippen LogP contribution < -0.4 is 10.1 Å². The molecule has 112 valence electrons. The number of halogens is 1. The van der Waals surface area contributed by atoms with Gasteiger partial charge in [0.1, 0.15) is 11.6 Å². The minimum absolute atomic E-state index is 0.223. The van der Waals surface area contributed by atoms with Crippen LogP contribution in [0.3, 0.4) is 0 Å². The Morgan fingerprint density at radius 1 is 1.45 bits per heavy atom. The van der Waals surface area contributed by atoms with Crippen LogP contribution in [0.5, 0.6) is 5.75 Å². The van der Waals surface area contributed by atoms with E-state index >= 15 is 0 Å². The van der Waals surface area contributed by atoms with Crippen LogP contribution in [0.25, 0.3) is 0 Å². The number of aliphatic hydroxyl groups excluding tert-OH is 1. The SMILES string of the molecule is CCCCNC(=O)C(C)Oc1ccc(F)cc1[C@H](C)O. The maximum Gasteiger partial charge on any atom is 0.260 e. The standard InChI is InChI=1S/C15H22FNO3/c1-4-5-8-17-15(19)11(3)20-14-7-6-12(16)9-13(14)10(2)18/h6-7,9-11,18H,4-5,8H2,1-3H3,(H,17,19)/t10-,11?/m0/s1. The van der Waals surface area contributed by atoms with Crippen molar-refractivity contribution in [1.29, 1.82) is 0 Å². The topological polar surface area (TPSA) is 58.6 Å². The monoisotopic (exact) mass is 283 g/mol. The molecule has 1 unspecified atom stereocenters. The summed E-state index contributed by atoms with van der Waals surface area (Å²) in [5.41, 5.74) is 0.332. The third-order valence-corrected chi connectivity index (χ3v) is 2.92. The van der Waals surface area contributed by atoms with Crippen LogP contribution in [0.1, 0.15) is 45.3 Å². The molecule has 0 bridgehead atoms. The molecule has 0 aliphatic rings. The maximum absolute atomic E-state index is 13.2. The fourth-order valence-corrected chi connectivity index (χ4v) is 1.73. The Kier molecular flexibility index (Phi) is 6.45. The van der Waals surface area contributed by atoms with Gasteiger partial charge < -0.3 is 15.2 Å². The molecule has 1 aromatic rings. The van der Waals surface area contributed by atoms with Gasteiger partial charge in [-0.25, -0.2) is 4.39 Å². The average molecular weight is 283 g/mol. The van der Waals surface area contributed by atoms with Gasteiger partial charge in [-0.1, -0.05) is 13.3 Å². The van der Waals surface area contributed by atoms with Crippen molar-refractivity contribution in [2.24, 2.45) is 0 Å². The first-order chi connectivity index (χ1) is 9.45. The zero-order chi connectivity index (χ0) is 15.1. The number of hydrogen-bond acceptors (Lipinski definition) is 3. The zero-order valence-electron chi connectivity index (χ0n) is 12.1. The summed E-state index contributed by atoms with van der Waals surface area (Å²) in [7, 11) is 0. The summed E-state index contributed by atoms with van der Waals surface area (Å²) in [5.74, 6) is -0.354. The Morgan fingerprint density at radius 2 is 2.15 bits per heavy atom. The Balaban J connectivity index is 2.70. The number of benzene rings is 1. The smallest absolute Gasteiger partial charge is 0.260 e. The molecular weight excluding hydrogens is 261 g/mol. The van der Waals surface area contributed by atoms with E-state index in [1.807, 2.05) is 6.92 Å². The van der Waals surface area contributed by atoms with E-state index in [0.717, 1.165) is 12.8 Å². The largest absolute Gasteiger partial charge is 0.481 e. The second-order valence-electron chi connectivity index (χ2n) is 4.76. The second-order valence-corrected chi connectivity index (χ2v) is 4.76. The minimum Gasteiger partial charge on any atom is -0.481 e. The van der Waals surface area contributed by atoms with E-state index < -0.39 is 18.0 Å². The van der Waals surface area contributed by atoms with Crippen LogP contribution in [0.4, 0.5) is 4.39 Å². The van der Waals surface area contributed by atoms with Gasteiger partial charge in [-0.3, -0.25) is 4.79 Å². The van der Waals surface area contributed by atoms with Crippen molar-refractivity contribution >= 4 is 5.91 Å². The van der Waals surface area contributed by atoms with Crippen molar-refractivity contribution in [2.75, 3.05) is 6.54 Å². The highest BCUT2D eigenvalue weighted by Gasteiger charge is 2.17. The number of carbonyl (C=O) groups is 1. The molecule has 1 aromatic carbocycles. The van der Waals surface area contributed by atoms with Crippen LogP contribution in [-0.2, 0) is 4.79 Å². The van der Waals surface area contributed by atoms with Crippen LogP contribution in [-0.4, -0.2) is 23.7 Å². The van der Waals surface area contributed by atoms with E-state index in [-0.39, 0.29) is 5.91 Å². The van der Waals surface area contributed by atoms with E-state index in [2.05, 4.69) is 5.32 Å². The number of ether oxygens (including phenoxy) is 1. The highest BCUT2D eigenvalue weighted by Crippen LogP contribution is 2.26. The third-order valence-electron chi connectivity index (χ3n) is 2.92. The van der Waals surface area contributed by atoms with Crippen molar-refractivity contribution in [2.45, 2.75) is 45.8 Å². The van der Waals surface area contributed by atoms with Crippen molar-refractivity contribution in [3.63, 3.8) is 0 Å². The summed E-state index contributed by atoms with van der Waals surface area (Å²) in [6.45, 7) is 5.79. The predicted octanol–water partition coefficient (Wildman–Crippen LogP) is 2.56.